The van der Waals surface area contributed by atoms with E-state index in [2.05, 4.69) is 32.6 Å². The van der Waals surface area contributed by atoms with Gasteiger partial charge in [0, 0.05) is 19.3 Å². The number of aromatic nitrogens is 3. The number of rotatable bonds is 5. The van der Waals surface area contributed by atoms with Crippen LogP contribution in [0.3, 0.4) is 0 Å². The van der Waals surface area contributed by atoms with Crippen LogP contribution in [0, 0.1) is 0 Å². The van der Waals surface area contributed by atoms with E-state index in [1.54, 1.807) is 6.20 Å². The molecule has 0 aliphatic heterocycles. The van der Waals surface area contributed by atoms with Crippen molar-refractivity contribution in [2.75, 3.05) is 17.3 Å². The number of benzene rings is 2. The molecule has 0 spiro atoms. The Kier molecular flexibility index (Phi) is 4.25. The highest BCUT2D eigenvalue weighted by Gasteiger charge is 2.07. The lowest BCUT2D eigenvalue weighted by Crippen LogP contribution is -2.19. The Morgan fingerprint density at radius 1 is 0.955 bits per heavy atom. The fourth-order valence-corrected chi connectivity index (χ4v) is 2.11. The molecule has 0 saturated heterocycles. The fraction of sp³-hybridized carbons (Fsp3) is 0.118. The molecule has 0 fully saturated rings. The molecule has 5 heteroatoms. The number of para-hydroxylation sites is 1. The quantitative estimate of drug-likeness (QED) is 0.782. The van der Waals surface area contributed by atoms with Crippen LogP contribution < -0.4 is 10.2 Å². The molecule has 22 heavy (non-hydrogen) atoms. The maximum atomic E-state index is 4.51. The van der Waals surface area contributed by atoms with Gasteiger partial charge in [-0.3, -0.25) is 0 Å². The second-order valence-corrected chi connectivity index (χ2v) is 4.97. The first kappa shape index (κ1) is 14.0. The Morgan fingerprint density at radius 2 is 1.64 bits per heavy atom. The van der Waals surface area contributed by atoms with E-state index >= 15 is 0 Å². The Bertz CT molecular complexity index is 715. The Balaban J connectivity index is 1.73. The monoisotopic (exact) mass is 291 g/mol. The third kappa shape index (κ3) is 3.58. The summed E-state index contributed by atoms with van der Waals surface area (Å²) in [6.45, 7) is 0.733. The van der Waals surface area contributed by atoms with Crippen LogP contribution in [0.5, 0.6) is 0 Å². The molecule has 1 N–H and O–H groups in total. The molecule has 1 heterocycles. The summed E-state index contributed by atoms with van der Waals surface area (Å²) in [5, 5.41) is 11.4. The zero-order chi connectivity index (χ0) is 15.2. The fourth-order valence-electron chi connectivity index (χ4n) is 2.11. The molecule has 1 aromatic heterocycles. The SMILES string of the molecule is CN(Cc1ccccc1)c1nncc(Nc2ccccc2)n1. The predicted octanol–water partition coefficient (Wildman–Crippen LogP) is 3.25. The highest BCUT2D eigenvalue weighted by molar-refractivity contribution is 5.55. The van der Waals surface area contributed by atoms with Crippen LogP contribution in [0.1, 0.15) is 5.56 Å². The number of anilines is 3. The van der Waals surface area contributed by atoms with Crippen molar-refractivity contribution < 1.29 is 0 Å². The van der Waals surface area contributed by atoms with Crippen molar-refractivity contribution in [2.45, 2.75) is 6.54 Å². The summed E-state index contributed by atoms with van der Waals surface area (Å²) in [7, 11) is 1.95. The lowest BCUT2D eigenvalue weighted by molar-refractivity contribution is 0.831. The standard InChI is InChI=1S/C17H17N5/c1-22(13-14-8-4-2-5-9-14)17-20-16(12-18-21-17)19-15-10-6-3-7-11-15/h2-12H,13H2,1H3,(H,19,20,21). The molecular formula is C17H17N5. The second kappa shape index (κ2) is 6.67. The van der Waals surface area contributed by atoms with Crippen LogP contribution in [0.25, 0.3) is 0 Å². The van der Waals surface area contributed by atoms with Crippen LogP contribution >= 0.6 is 0 Å². The van der Waals surface area contributed by atoms with Gasteiger partial charge in [0.25, 0.3) is 0 Å². The van der Waals surface area contributed by atoms with Gasteiger partial charge in [-0.25, -0.2) is 0 Å². The van der Waals surface area contributed by atoms with E-state index in [9.17, 15) is 0 Å². The molecule has 0 aliphatic rings. The lowest BCUT2D eigenvalue weighted by atomic mass is 10.2. The zero-order valence-electron chi connectivity index (χ0n) is 12.3. The van der Waals surface area contributed by atoms with Crippen LogP contribution in [0.4, 0.5) is 17.5 Å². The van der Waals surface area contributed by atoms with Crippen molar-refractivity contribution in [2.24, 2.45) is 0 Å². The summed E-state index contributed by atoms with van der Waals surface area (Å²) in [5.74, 6) is 1.26. The number of nitrogens with one attached hydrogen (secondary N) is 1. The minimum atomic E-state index is 0.588. The Labute approximate surface area is 129 Å². The van der Waals surface area contributed by atoms with E-state index in [-0.39, 0.29) is 0 Å². The molecule has 0 amide bonds. The van der Waals surface area contributed by atoms with Gasteiger partial charge in [-0.15, -0.1) is 5.10 Å². The molecule has 3 rings (SSSR count). The van der Waals surface area contributed by atoms with E-state index in [1.807, 2.05) is 60.5 Å². The summed E-state index contributed by atoms with van der Waals surface area (Å²) in [6, 6.07) is 20.1. The lowest BCUT2D eigenvalue weighted by Gasteiger charge is -2.17. The van der Waals surface area contributed by atoms with E-state index in [1.165, 1.54) is 5.56 Å². The highest BCUT2D eigenvalue weighted by atomic mass is 15.3. The van der Waals surface area contributed by atoms with E-state index in [4.69, 9.17) is 0 Å². The number of nitrogens with zero attached hydrogens (tertiary/aromatic N) is 4. The minimum Gasteiger partial charge on any atom is -0.339 e. The molecule has 0 aliphatic carbocycles. The van der Waals surface area contributed by atoms with Gasteiger partial charge in [0.2, 0.25) is 5.95 Å². The van der Waals surface area contributed by atoms with Gasteiger partial charge in [0.1, 0.15) is 0 Å². The molecule has 0 radical (unpaired) electrons. The molecule has 2 aromatic carbocycles. The van der Waals surface area contributed by atoms with Crippen molar-refractivity contribution >= 4 is 17.5 Å². The Morgan fingerprint density at radius 3 is 2.36 bits per heavy atom. The van der Waals surface area contributed by atoms with Gasteiger partial charge in [0.15, 0.2) is 5.82 Å². The minimum absolute atomic E-state index is 0.588. The molecule has 0 bridgehead atoms. The van der Waals surface area contributed by atoms with Gasteiger partial charge in [0.05, 0.1) is 6.20 Å². The molecule has 3 aromatic rings. The smallest absolute Gasteiger partial charge is 0.247 e. The van der Waals surface area contributed by atoms with Crippen LogP contribution in [-0.2, 0) is 6.54 Å². The summed E-state index contributed by atoms with van der Waals surface area (Å²) in [5.41, 5.74) is 2.18. The van der Waals surface area contributed by atoms with E-state index in [0.717, 1.165) is 12.2 Å². The van der Waals surface area contributed by atoms with Gasteiger partial charge in [-0.05, 0) is 17.7 Å². The maximum absolute atomic E-state index is 4.51. The van der Waals surface area contributed by atoms with Gasteiger partial charge >= 0.3 is 0 Å². The van der Waals surface area contributed by atoms with Crippen LogP contribution in [0.2, 0.25) is 0 Å². The normalized spacial score (nSPS) is 10.2. The van der Waals surface area contributed by atoms with Crippen molar-refractivity contribution in [3.63, 3.8) is 0 Å². The molecule has 0 unspecified atom stereocenters. The summed E-state index contributed by atoms with van der Waals surface area (Å²) in [4.78, 5) is 6.48. The molecule has 0 saturated carbocycles. The Hall–Kier alpha value is -2.95. The first-order valence-corrected chi connectivity index (χ1v) is 7.08. The first-order chi connectivity index (χ1) is 10.8. The van der Waals surface area contributed by atoms with Crippen molar-refractivity contribution in [1.29, 1.82) is 0 Å². The molecule has 5 nitrogen and oxygen atoms in total. The molecular weight excluding hydrogens is 274 g/mol. The van der Waals surface area contributed by atoms with E-state index < -0.39 is 0 Å². The van der Waals surface area contributed by atoms with E-state index in [0.29, 0.717) is 11.8 Å². The summed E-state index contributed by atoms with van der Waals surface area (Å²) < 4.78 is 0. The molecule has 110 valence electrons. The first-order valence-electron chi connectivity index (χ1n) is 7.08. The topological polar surface area (TPSA) is 53.9 Å². The van der Waals surface area contributed by atoms with Crippen molar-refractivity contribution in [1.82, 2.24) is 15.2 Å². The van der Waals surface area contributed by atoms with Gasteiger partial charge in [-0.2, -0.15) is 10.1 Å². The summed E-state index contributed by atoms with van der Waals surface area (Å²) in [6.07, 6.45) is 1.62. The highest BCUT2D eigenvalue weighted by Crippen LogP contribution is 2.15. The van der Waals surface area contributed by atoms with Gasteiger partial charge < -0.3 is 10.2 Å². The van der Waals surface area contributed by atoms with Crippen molar-refractivity contribution in [3.05, 3.63) is 72.4 Å². The van der Waals surface area contributed by atoms with Crippen LogP contribution in [-0.4, -0.2) is 22.2 Å². The average molecular weight is 291 g/mol. The van der Waals surface area contributed by atoms with Gasteiger partial charge in [-0.1, -0.05) is 48.5 Å². The van der Waals surface area contributed by atoms with Crippen molar-refractivity contribution in [3.8, 4) is 0 Å². The number of hydrogen-bond donors (Lipinski definition) is 1. The summed E-state index contributed by atoms with van der Waals surface area (Å²) >= 11 is 0. The zero-order valence-corrected chi connectivity index (χ0v) is 12.3. The number of hydrogen-bond acceptors (Lipinski definition) is 5. The third-order valence-corrected chi connectivity index (χ3v) is 3.20. The second-order valence-electron chi connectivity index (χ2n) is 4.97. The molecule has 0 atom stereocenters. The maximum Gasteiger partial charge on any atom is 0.247 e. The predicted molar refractivity (Wildman–Crippen MR) is 88.1 cm³/mol. The largest absolute Gasteiger partial charge is 0.339 e. The van der Waals surface area contributed by atoms with Crippen LogP contribution in [0.15, 0.2) is 66.9 Å². The third-order valence-electron chi connectivity index (χ3n) is 3.20. The average Bonchev–Trinajstić information content (AvgIpc) is 2.57.